The Hall–Kier alpha value is -2.17. The Kier molecular flexibility index (Phi) is 4.79. The molecule has 0 bridgehead atoms. The number of halogens is 1. The van der Waals surface area contributed by atoms with Crippen molar-refractivity contribution >= 4 is 43.9 Å². The molecule has 0 radical (unpaired) electrons. The van der Waals surface area contributed by atoms with Gasteiger partial charge in [0.15, 0.2) is 0 Å². The fourth-order valence-electron chi connectivity index (χ4n) is 3.60. The third kappa shape index (κ3) is 3.17. The van der Waals surface area contributed by atoms with E-state index in [9.17, 15) is 10.2 Å². The summed E-state index contributed by atoms with van der Waals surface area (Å²) in [6, 6.07) is 20.7. The molecule has 4 aromatic rings. The number of nitrogens with one attached hydrogen (secondary N) is 1. The van der Waals surface area contributed by atoms with Crippen molar-refractivity contribution in [3.8, 4) is 0 Å². The minimum absolute atomic E-state index is 0.131. The molecule has 0 spiro atoms. The van der Waals surface area contributed by atoms with Gasteiger partial charge >= 0.3 is 0 Å². The molecular weight excluding hydrogens is 358 g/mol. The second kappa shape index (κ2) is 7.10. The van der Waals surface area contributed by atoms with E-state index in [1.54, 1.807) is 0 Å². The van der Waals surface area contributed by atoms with Gasteiger partial charge in [0, 0.05) is 17.0 Å². The molecule has 0 saturated heterocycles. The van der Waals surface area contributed by atoms with Crippen molar-refractivity contribution in [3.63, 3.8) is 0 Å². The molecule has 0 aliphatic carbocycles. The van der Waals surface area contributed by atoms with Crippen LogP contribution in [-0.4, -0.2) is 29.0 Å². The van der Waals surface area contributed by atoms with Gasteiger partial charge in [0.2, 0.25) is 0 Å². The van der Waals surface area contributed by atoms with Gasteiger partial charge in [0.1, 0.15) is 0 Å². The van der Waals surface area contributed by atoms with Gasteiger partial charge < -0.3 is 15.5 Å². The predicted molar refractivity (Wildman–Crippen MR) is 113 cm³/mol. The van der Waals surface area contributed by atoms with Crippen molar-refractivity contribution in [2.45, 2.75) is 19.0 Å². The summed E-state index contributed by atoms with van der Waals surface area (Å²) < 4.78 is 0. The zero-order valence-electron chi connectivity index (χ0n) is 15.2. The minimum atomic E-state index is -0.724. The van der Waals surface area contributed by atoms with Crippen molar-refractivity contribution in [1.82, 2.24) is 5.32 Å². The lowest BCUT2D eigenvalue weighted by molar-refractivity contribution is 0.103. The molecule has 4 aromatic carbocycles. The third-order valence-electron chi connectivity index (χ3n) is 5.32. The largest absolute Gasteiger partial charge is 0.394 e. The van der Waals surface area contributed by atoms with Crippen molar-refractivity contribution in [2.75, 3.05) is 13.2 Å². The first kappa shape index (κ1) is 18.2. The van der Waals surface area contributed by atoms with Crippen LogP contribution in [0.3, 0.4) is 0 Å². The Morgan fingerprint density at radius 1 is 0.778 bits per heavy atom. The maximum Gasteiger partial charge on any atom is 0.0633 e. The number of benzene rings is 4. The smallest absolute Gasteiger partial charge is 0.0633 e. The molecule has 0 aromatic heterocycles. The first-order chi connectivity index (χ1) is 13.1. The van der Waals surface area contributed by atoms with E-state index >= 15 is 0 Å². The number of fused-ring (bicyclic) bond motifs is 5. The number of hydrogen-bond acceptors (Lipinski definition) is 3. The third-order valence-corrected chi connectivity index (χ3v) is 5.63. The van der Waals surface area contributed by atoms with Crippen molar-refractivity contribution < 1.29 is 10.2 Å². The summed E-state index contributed by atoms with van der Waals surface area (Å²) >= 11 is 6.57. The number of rotatable bonds is 5. The first-order valence-corrected chi connectivity index (χ1v) is 9.42. The number of aliphatic hydroxyl groups excluding tert-OH is 2. The van der Waals surface area contributed by atoms with Crippen molar-refractivity contribution in [2.24, 2.45) is 0 Å². The van der Waals surface area contributed by atoms with Crippen LogP contribution in [0, 0.1) is 0 Å². The van der Waals surface area contributed by atoms with Crippen LogP contribution in [-0.2, 0) is 6.54 Å². The van der Waals surface area contributed by atoms with Crippen LogP contribution in [0.5, 0.6) is 0 Å². The second-order valence-corrected chi connectivity index (χ2v) is 7.72. The molecule has 3 N–H and O–H groups in total. The lowest BCUT2D eigenvalue weighted by Gasteiger charge is -2.27. The monoisotopic (exact) mass is 379 g/mol. The molecule has 27 heavy (non-hydrogen) atoms. The van der Waals surface area contributed by atoms with Gasteiger partial charge in [-0.25, -0.2) is 0 Å². The van der Waals surface area contributed by atoms with Gasteiger partial charge in [-0.05, 0) is 51.6 Å². The van der Waals surface area contributed by atoms with Crippen LogP contribution < -0.4 is 5.32 Å². The Morgan fingerprint density at radius 3 is 1.93 bits per heavy atom. The van der Waals surface area contributed by atoms with Gasteiger partial charge in [-0.3, -0.25) is 0 Å². The summed E-state index contributed by atoms with van der Waals surface area (Å²) in [6.07, 6.45) is 0. The molecule has 4 heteroatoms. The molecule has 0 atom stereocenters. The molecule has 138 valence electrons. The normalized spacial score (nSPS) is 12.3. The van der Waals surface area contributed by atoms with E-state index in [2.05, 4.69) is 29.6 Å². The first-order valence-electron chi connectivity index (χ1n) is 9.05. The molecule has 0 saturated carbocycles. The van der Waals surface area contributed by atoms with E-state index in [1.807, 2.05) is 43.3 Å². The van der Waals surface area contributed by atoms with Crippen molar-refractivity contribution in [3.05, 3.63) is 71.2 Å². The molecule has 0 aliphatic heterocycles. The molecule has 4 rings (SSSR count). The van der Waals surface area contributed by atoms with Gasteiger partial charge in [-0.1, -0.05) is 60.1 Å². The summed E-state index contributed by atoms with van der Waals surface area (Å²) in [5.41, 5.74) is 0.400. The van der Waals surface area contributed by atoms with Gasteiger partial charge in [0.05, 0.1) is 18.8 Å². The van der Waals surface area contributed by atoms with Crippen LogP contribution in [0.1, 0.15) is 12.5 Å². The Balaban J connectivity index is 1.98. The minimum Gasteiger partial charge on any atom is -0.394 e. The quantitative estimate of drug-likeness (QED) is 0.443. The molecular formula is C23H22ClNO2. The highest BCUT2D eigenvalue weighted by Crippen LogP contribution is 2.37. The van der Waals surface area contributed by atoms with Crippen LogP contribution in [0.15, 0.2) is 60.7 Å². The summed E-state index contributed by atoms with van der Waals surface area (Å²) in [4.78, 5) is 0. The molecule has 0 aliphatic rings. The lowest BCUT2D eigenvalue weighted by atomic mass is 9.93. The second-order valence-electron chi connectivity index (χ2n) is 7.31. The van der Waals surface area contributed by atoms with E-state index in [4.69, 9.17) is 11.6 Å². The highest BCUT2D eigenvalue weighted by molar-refractivity contribution is 6.38. The molecule has 0 unspecified atom stereocenters. The fraction of sp³-hybridized carbons (Fsp3) is 0.217. The average Bonchev–Trinajstić information content (AvgIpc) is 2.72. The molecule has 0 fully saturated rings. The molecule has 3 nitrogen and oxygen atoms in total. The standard InChI is InChI=1S/C23H22ClNO2/c1-23(13-26,14-27)25-12-15-10-20-18-8-4-5-9-19(18)22(24)11-21(20)17-7-3-2-6-16(15)17/h2-11,25-27H,12-14H2,1H3. The van der Waals surface area contributed by atoms with Gasteiger partial charge in [-0.2, -0.15) is 0 Å². The zero-order valence-corrected chi connectivity index (χ0v) is 15.9. The van der Waals surface area contributed by atoms with Crippen LogP contribution >= 0.6 is 11.6 Å². The molecule has 0 amide bonds. The highest BCUT2D eigenvalue weighted by Gasteiger charge is 2.22. The van der Waals surface area contributed by atoms with E-state index in [1.165, 1.54) is 0 Å². The SMILES string of the molecule is CC(CO)(CO)NCc1cc2c3ccccc3c(Cl)cc2c2ccccc12. The molecule has 0 heterocycles. The maximum atomic E-state index is 9.58. The Bertz CT molecular complexity index is 1140. The maximum absolute atomic E-state index is 9.58. The number of aliphatic hydroxyl groups is 2. The topological polar surface area (TPSA) is 52.5 Å². The Morgan fingerprint density at radius 2 is 1.30 bits per heavy atom. The zero-order chi connectivity index (χ0) is 19.0. The van der Waals surface area contributed by atoms with Gasteiger partial charge in [0.25, 0.3) is 0 Å². The van der Waals surface area contributed by atoms with E-state index in [0.717, 1.165) is 42.9 Å². The van der Waals surface area contributed by atoms with Crippen molar-refractivity contribution in [1.29, 1.82) is 0 Å². The average molecular weight is 380 g/mol. The van der Waals surface area contributed by atoms with Crippen LogP contribution in [0.4, 0.5) is 0 Å². The summed E-state index contributed by atoms with van der Waals surface area (Å²) in [5, 5.41) is 30.0. The predicted octanol–water partition coefficient (Wildman–Crippen LogP) is 4.63. The van der Waals surface area contributed by atoms with E-state index in [-0.39, 0.29) is 13.2 Å². The Labute approximate surface area is 163 Å². The van der Waals surface area contributed by atoms with Gasteiger partial charge in [-0.15, -0.1) is 0 Å². The fourth-order valence-corrected chi connectivity index (χ4v) is 3.87. The van der Waals surface area contributed by atoms with Crippen LogP contribution in [0.25, 0.3) is 32.3 Å². The number of hydrogen-bond donors (Lipinski definition) is 3. The summed E-state index contributed by atoms with van der Waals surface area (Å²) in [6.45, 7) is 2.09. The van der Waals surface area contributed by atoms with Crippen LogP contribution in [0.2, 0.25) is 5.02 Å². The summed E-state index contributed by atoms with van der Waals surface area (Å²) in [5.74, 6) is 0. The highest BCUT2D eigenvalue weighted by atomic mass is 35.5. The lowest BCUT2D eigenvalue weighted by Crippen LogP contribution is -2.48. The van der Waals surface area contributed by atoms with E-state index < -0.39 is 5.54 Å². The summed E-state index contributed by atoms with van der Waals surface area (Å²) in [7, 11) is 0. The van der Waals surface area contributed by atoms with E-state index in [0.29, 0.717) is 6.54 Å².